The van der Waals surface area contributed by atoms with E-state index in [9.17, 15) is 0 Å². The molecule has 2 heteroatoms. The lowest BCUT2D eigenvalue weighted by atomic mass is 9.86. The third-order valence-electron chi connectivity index (χ3n) is 2.84. The third-order valence-corrected chi connectivity index (χ3v) is 2.84. The van der Waals surface area contributed by atoms with E-state index in [2.05, 4.69) is 51.2 Å². The molecule has 1 aromatic rings. The molecular formula is C15H26N2. The van der Waals surface area contributed by atoms with Crippen molar-refractivity contribution in [1.29, 1.82) is 0 Å². The fourth-order valence-electron chi connectivity index (χ4n) is 1.60. The molecule has 0 saturated heterocycles. The predicted molar refractivity (Wildman–Crippen MR) is 76.6 cm³/mol. The molecule has 2 nitrogen and oxygen atoms in total. The Morgan fingerprint density at radius 3 is 2.18 bits per heavy atom. The molecule has 0 amide bonds. The normalized spacial score (nSPS) is 12.6. The predicted octanol–water partition coefficient (Wildman–Crippen LogP) is 3.44. The van der Waals surface area contributed by atoms with Gasteiger partial charge in [-0.25, -0.2) is 0 Å². The molecule has 0 spiro atoms. The van der Waals surface area contributed by atoms with Crippen molar-refractivity contribution in [1.82, 2.24) is 0 Å². The summed E-state index contributed by atoms with van der Waals surface area (Å²) < 4.78 is 0. The SMILES string of the molecule is Cc1ccc(C(C)(C)C)cc1NCC(C)(C)N. The molecular weight excluding hydrogens is 208 g/mol. The first-order valence-corrected chi connectivity index (χ1v) is 6.23. The molecule has 0 heterocycles. The molecule has 3 N–H and O–H groups in total. The van der Waals surface area contributed by atoms with Gasteiger partial charge in [0, 0.05) is 17.8 Å². The highest BCUT2D eigenvalue weighted by molar-refractivity contribution is 5.54. The second-order valence-corrected chi connectivity index (χ2v) is 6.62. The quantitative estimate of drug-likeness (QED) is 0.840. The Morgan fingerprint density at radius 1 is 1.12 bits per heavy atom. The number of nitrogens with two attached hydrogens (primary N) is 1. The van der Waals surface area contributed by atoms with E-state index >= 15 is 0 Å². The van der Waals surface area contributed by atoms with Gasteiger partial charge in [0.15, 0.2) is 0 Å². The summed E-state index contributed by atoms with van der Waals surface area (Å²) in [6.45, 7) is 13.7. The van der Waals surface area contributed by atoms with E-state index < -0.39 is 0 Å². The number of aryl methyl sites for hydroxylation is 1. The minimum Gasteiger partial charge on any atom is -0.383 e. The van der Waals surface area contributed by atoms with Gasteiger partial charge in [0.25, 0.3) is 0 Å². The van der Waals surface area contributed by atoms with Gasteiger partial charge in [-0.1, -0.05) is 32.9 Å². The Hall–Kier alpha value is -1.02. The van der Waals surface area contributed by atoms with Crippen molar-refractivity contribution < 1.29 is 0 Å². The first kappa shape index (κ1) is 14.0. The van der Waals surface area contributed by atoms with E-state index in [1.807, 2.05) is 13.8 Å². The van der Waals surface area contributed by atoms with Crippen LogP contribution in [0.5, 0.6) is 0 Å². The number of hydrogen-bond donors (Lipinski definition) is 2. The van der Waals surface area contributed by atoms with Gasteiger partial charge in [0.05, 0.1) is 0 Å². The molecule has 1 aromatic carbocycles. The zero-order chi connectivity index (χ0) is 13.3. The molecule has 0 aromatic heterocycles. The zero-order valence-electron chi connectivity index (χ0n) is 12.0. The van der Waals surface area contributed by atoms with Crippen molar-refractivity contribution in [2.45, 2.75) is 52.5 Å². The van der Waals surface area contributed by atoms with Crippen LogP contribution in [0.4, 0.5) is 5.69 Å². The average Bonchev–Trinajstić information content (AvgIpc) is 2.13. The summed E-state index contributed by atoms with van der Waals surface area (Å²) in [4.78, 5) is 0. The summed E-state index contributed by atoms with van der Waals surface area (Å²) in [5, 5.41) is 3.44. The van der Waals surface area contributed by atoms with Crippen LogP contribution in [0, 0.1) is 6.92 Å². The van der Waals surface area contributed by atoms with Gasteiger partial charge in [-0.05, 0) is 43.4 Å². The molecule has 1 rings (SSSR count). The highest BCUT2D eigenvalue weighted by Gasteiger charge is 2.16. The average molecular weight is 234 g/mol. The number of benzene rings is 1. The van der Waals surface area contributed by atoms with Crippen LogP contribution in [0.3, 0.4) is 0 Å². The Kier molecular flexibility index (Phi) is 3.88. The molecule has 0 fully saturated rings. The lowest BCUT2D eigenvalue weighted by Crippen LogP contribution is -2.39. The second kappa shape index (κ2) is 4.69. The van der Waals surface area contributed by atoms with Gasteiger partial charge in [0.1, 0.15) is 0 Å². The first-order valence-electron chi connectivity index (χ1n) is 6.23. The van der Waals surface area contributed by atoms with E-state index in [1.54, 1.807) is 0 Å². The largest absolute Gasteiger partial charge is 0.383 e. The standard InChI is InChI=1S/C15H26N2/c1-11-7-8-12(14(2,3)4)9-13(11)17-10-15(5,6)16/h7-9,17H,10,16H2,1-6H3. The van der Waals surface area contributed by atoms with Crippen LogP contribution < -0.4 is 11.1 Å². The molecule has 0 aliphatic heterocycles. The Balaban J connectivity index is 2.92. The smallest absolute Gasteiger partial charge is 0.0373 e. The Bertz CT molecular complexity index is 381. The number of anilines is 1. The zero-order valence-corrected chi connectivity index (χ0v) is 12.0. The van der Waals surface area contributed by atoms with Crippen molar-refractivity contribution in [3.8, 4) is 0 Å². The van der Waals surface area contributed by atoms with Crippen molar-refractivity contribution in [3.05, 3.63) is 29.3 Å². The molecule has 0 aliphatic carbocycles. The maximum Gasteiger partial charge on any atom is 0.0373 e. The van der Waals surface area contributed by atoms with Gasteiger partial charge in [-0.3, -0.25) is 0 Å². The molecule has 0 saturated carbocycles. The van der Waals surface area contributed by atoms with Crippen LogP contribution in [0.1, 0.15) is 45.7 Å². The summed E-state index contributed by atoms with van der Waals surface area (Å²) in [7, 11) is 0. The lowest BCUT2D eigenvalue weighted by molar-refractivity contribution is 0.549. The van der Waals surface area contributed by atoms with Gasteiger partial charge in [-0.15, -0.1) is 0 Å². The topological polar surface area (TPSA) is 38.0 Å². The minimum atomic E-state index is -0.190. The van der Waals surface area contributed by atoms with Gasteiger partial charge in [0.2, 0.25) is 0 Å². The molecule has 96 valence electrons. The molecule has 0 radical (unpaired) electrons. The highest BCUT2D eigenvalue weighted by atomic mass is 14.9. The van der Waals surface area contributed by atoms with Crippen LogP contribution in [-0.2, 0) is 5.41 Å². The van der Waals surface area contributed by atoms with Gasteiger partial charge in [-0.2, -0.15) is 0 Å². The minimum absolute atomic E-state index is 0.183. The monoisotopic (exact) mass is 234 g/mol. The van der Waals surface area contributed by atoms with Crippen molar-refractivity contribution >= 4 is 5.69 Å². The van der Waals surface area contributed by atoms with Gasteiger partial charge < -0.3 is 11.1 Å². The van der Waals surface area contributed by atoms with E-state index in [0.29, 0.717) is 0 Å². The Morgan fingerprint density at radius 2 is 1.71 bits per heavy atom. The number of nitrogens with one attached hydrogen (secondary N) is 1. The van der Waals surface area contributed by atoms with E-state index in [-0.39, 0.29) is 11.0 Å². The summed E-state index contributed by atoms with van der Waals surface area (Å²) in [6, 6.07) is 6.61. The van der Waals surface area contributed by atoms with Gasteiger partial charge >= 0.3 is 0 Å². The van der Waals surface area contributed by atoms with Crippen LogP contribution in [0.25, 0.3) is 0 Å². The summed E-state index contributed by atoms with van der Waals surface area (Å²) >= 11 is 0. The lowest BCUT2D eigenvalue weighted by Gasteiger charge is -2.24. The fourth-order valence-corrected chi connectivity index (χ4v) is 1.60. The van der Waals surface area contributed by atoms with E-state index in [0.717, 1.165) is 6.54 Å². The van der Waals surface area contributed by atoms with E-state index in [1.165, 1.54) is 16.8 Å². The van der Waals surface area contributed by atoms with Crippen molar-refractivity contribution in [2.75, 3.05) is 11.9 Å². The molecule has 0 bridgehead atoms. The number of rotatable bonds is 3. The van der Waals surface area contributed by atoms with E-state index in [4.69, 9.17) is 5.73 Å². The molecule has 17 heavy (non-hydrogen) atoms. The maximum atomic E-state index is 5.99. The fraction of sp³-hybridized carbons (Fsp3) is 0.600. The van der Waals surface area contributed by atoms with Crippen molar-refractivity contribution in [3.63, 3.8) is 0 Å². The highest BCUT2D eigenvalue weighted by Crippen LogP contribution is 2.27. The van der Waals surface area contributed by atoms with Crippen LogP contribution in [-0.4, -0.2) is 12.1 Å². The first-order chi connectivity index (χ1) is 7.59. The Labute approximate surface area is 106 Å². The summed E-state index contributed by atoms with van der Waals surface area (Å²) in [6.07, 6.45) is 0. The van der Waals surface area contributed by atoms with Crippen LogP contribution in [0.2, 0.25) is 0 Å². The van der Waals surface area contributed by atoms with Crippen molar-refractivity contribution in [2.24, 2.45) is 5.73 Å². The molecule has 0 atom stereocenters. The summed E-state index contributed by atoms with van der Waals surface area (Å²) in [5.41, 5.74) is 9.79. The third kappa shape index (κ3) is 4.39. The molecule has 0 aliphatic rings. The maximum absolute atomic E-state index is 5.99. The van der Waals surface area contributed by atoms with Crippen LogP contribution in [0.15, 0.2) is 18.2 Å². The second-order valence-electron chi connectivity index (χ2n) is 6.62. The van der Waals surface area contributed by atoms with Crippen LogP contribution >= 0.6 is 0 Å². The number of hydrogen-bond acceptors (Lipinski definition) is 2. The molecule has 0 unspecified atom stereocenters. The summed E-state index contributed by atoms with van der Waals surface area (Å²) in [5.74, 6) is 0.